The van der Waals surface area contributed by atoms with Gasteiger partial charge in [-0.15, -0.1) is 0 Å². The third-order valence-corrected chi connectivity index (χ3v) is 22.7. The van der Waals surface area contributed by atoms with Crippen LogP contribution in [0.4, 0.5) is 0 Å². The van der Waals surface area contributed by atoms with Crippen LogP contribution in [0.5, 0.6) is 0 Å². The van der Waals surface area contributed by atoms with Gasteiger partial charge in [0.15, 0.2) is 6.10 Å². The molecule has 0 aromatic carbocycles. The molecule has 1 atom stereocenters. The van der Waals surface area contributed by atoms with Crippen molar-refractivity contribution in [3.8, 4) is 0 Å². The molecule has 0 aromatic heterocycles. The van der Waals surface area contributed by atoms with Crippen LogP contribution in [-0.2, 0) is 47.7 Å². The molecule has 0 aliphatic rings. The summed E-state index contributed by atoms with van der Waals surface area (Å²) in [6, 6.07) is 0. The molecule has 0 radical (unpaired) electrons. The lowest BCUT2D eigenvalue weighted by molar-refractivity contribution is -0.167. The number of carbonyl (C=O) groups excluding carboxylic acids is 4. The molecule has 0 spiro atoms. The number of hydrogen-bond donors (Lipinski definition) is 4. The maximum Gasteiger partial charge on any atom is 0.306 e. The third-order valence-electron chi connectivity index (χ3n) is 22.7. The van der Waals surface area contributed by atoms with Crippen molar-refractivity contribution in [2.75, 3.05) is 26.4 Å². The first-order valence-corrected chi connectivity index (χ1v) is 51.2. The Morgan fingerprint density at radius 3 is 0.491 bits per heavy atom. The fraction of sp³-hybridized carbons (Fsp3) is 0.941. The number of aliphatic carboxylic acids is 2. The van der Waals surface area contributed by atoms with E-state index in [9.17, 15) is 28.8 Å². The molecular weight excluding hydrogens is 1450 g/mol. The van der Waals surface area contributed by atoms with Crippen molar-refractivity contribution in [1.29, 1.82) is 0 Å². The van der Waals surface area contributed by atoms with Crippen LogP contribution < -0.4 is 0 Å². The van der Waals surface area contributed by atoms with Gasteiger partial charge in [0.05, 0.1) is 6.61 Å². The zero-order valence-corrected chi connectivity index (χ0v) is 78.3. The summed E-state index contributed by atoms with van der Waals surface area (Å²) in [5.74, 6) is -2.43. The number of ether oxygens (including phenoxy) is 4. The Bertz CT molecular complexity index is 1850. The lowest BCUT2D eigenvalue weighted by Crippen LogP contribution is -2.30. The van der Waals surface area contributed by atoms with Crippen LogP contribution in [-0.4, -0.2) is 94.9 Å². The van der Waals surface area contributed by atoms with Crippen LogP contribution in [0.3, 0.4) is 0 Å². The van der Waals surface area contributed by atoms with E-state index in [4.69, 9.17) is 39.4 Å². The summed E-state index contributed by atoms with van der Waals surface area (Å²) in [5.41, 5.74) is 0. The van der Waals surface area contributed by atoms with Gasteiger partial charge in [0.25, 0.3) is 0 Å². The minimum atomic E-state index is -0.953. The minimum Gasteiger partial charge on any atom is -0.481 e. The fourth-order valence-corrected chi connectivity index (χ4v) is 14.9. The fourth-order valence-electron chi connectivity index (χ4n) is 14.9. The van der Waals surface area contributed by atoms with E-state index in [2.05, 4.69) is 41.5 Å². The quantitative estimate of drug-likeness (QED) is 0.0253. The molecule has 14 heteroatoms. The van der Waals surface area contributed by atoms with E-state index < -0.39 is 24.1 Å². The predicted molar refractivity (Wildman–Crippen MR) is 493 cm³/mol. The molecule has 0 saturated carbocycles. The van der Waals surface area contributed by atoms with Gasteiger partial charge in [0.2, 0.25) is 0 Å². The molecule has 116 heavy (non-hydrogen) atoms. The summed E-state index contributed by atoms with van der Waals surface area (Å²) in [5, 5.41) is 34.7. The van der Waals surface area contributed by atoms with Gasteiger partial charge in [-0.1, -0.05) is 504 Å². The van der Waals surface area contributed by atoms with Gasteiger partial charge in [0, 0.05) is 38.5 Å². The van der Waals surface area contributed by atoms with Crippen LogP contribution in [0, 0.1) is 0 Å². The van der Waals surface area contributed by atoms with Crippen LogP contribution in [0.1, 0.15) is 581 Å². The Morgan fingerprint density at radius 1 is 0.198 bits per heavy atom. The molecule has 692 valence electrons. The van der Waals surface area contributed by atoms with E-state index in [1.807, 2.05) is 0 Å². The average molecular weight is 1650 g/mol. The number of aliphatic hydroxyl groups excluding tert-OH is 2. The normalized spacial score (nSPS) is 11.4. The van der Waals surface area contributed by atoms with Crippen molar-refractivity contribution in [3.63, 3.8) is 0 Å². The van der Waals surface area contributed by atoms with Crippen LogP contribution in [0.25, 0.3) is 0 Å². The highest BCUT2D eigenvalue weighted by molar-refractivity contribution is 5.71. The number of carboxylic acids is 2. The lowest BCUT2D eigenvalue weighted by atomic mass is 10.0. The molecule has 0 heterocycles. The van der Waals surface area contributed by atoms with E-state index in [0.717, 1.165) is 96.3 Å². The van der Waals surface area contributed by atoms with Crippen LogP contribution in [0.15, 0.2) is 0 Å². The first-order chi connectivity index (χ1) is 56.8. The highest BCUT2D eigenvalue weighted by Crippen LogP contribution is 2.21. The zero-order valence-electron chi connectivity index (χ0n) is 78.3. The Balaban J connectivity index is -0.000000858. The van der Waals surface area contributed by atoms with E-state index >= 15 is 0 Å². The van der Waals surface area contributed by atoms with Crippen LogP contribution in [0.2, 0.25) is 0 Å². The summed E-state index contributed by atoms with van der Waals surface area (Å²) in [7, 11) is 0. The largest absolute Gasteiger partial charge is 0.481 e. The van der Waals surface area contributed by atoms with E-state index in [0.29, 0.717) is 38.5 Å². The van der Waals surface area contributed by atoms with Crippen molar-refractivity contribution >= 4 is 35.8 Å². The molecule has 0 aromatic rings. The molecular formula is C102H200O14. The third kappa shape index (κ3) is 115. The average Bonchev–Trinajstić information content (AvgIpc) is 0.942. The second-order valence-corrected chi connectivity index (χ2v) is 34.7. The minimum absolute atomic E-state index is 0.0619. The van der Waals surface area contributed by atoms with Crippen molar-refractivity contribution in [1.82, 2.24) is 0 Å². The number of rotatable bonds is 92. The Hall–Kier alpha value is -3.26. The van der Waals surface area contributed by atoms with Gasteiger partial charge in [-0.2, -0.15) is 0 Å². The number of carbonyl (C=O) groups is 6. The van der Waals surface area contributed by atoms with Crippen molar-refractivity contribution in [3.05, 3.63) is 0 Å². The van der Waals surface area contributed by atoms with Gasteiger partial charge in [-0.3, -0.25) is 28.8 Å². The summed E-state index contributed by atoms with van der Waals surface area (Å²) >= 11 is 0. The first-order valence-electron chi connectivity index (χ1n) is 51.2. The standard InChI is InChI=1S/C51H98O6.C19H38O4.2C16H32O2/c1-4-7-10-13-16-19-22-25-28-31-34-37-40-43-49(52)55-46-48(57-51(54)45-42-39-36-33-30-27-24-21-18-15-12-9-6-3)47-56-50(53)44-41-38-35-32-29-26-23-20-17-14-11-8-5-2;1-2-3-4-5-6-7-8-9-10-11-12-13-14-15-19(22)23-17-18(21)16-20;2*1-2-3-4-5-6-7-8-9-10-11-12-13-14-15-16(17)18/h48H,4-47H2,1-3H3;18,20-21H,2-17H2,1H3;2*2-15H2,1H3,(H,17,18). The molecule has 0 aliphatic carbocycles. The number of aliphatic hydroxyl groups is 2. The van der Waals surface area contributed by atoms with Gasteiger partial charge in [-0.25, -0.2) is 0 Å². The maximum atomic E-state index is 12.8. The molecule has 0 rings (SSSR count). The van der Waals surface area contributed by atoms with Gasteiger partial charge >= 0.3 is 35.8 Å². The van der Waals surface area contributed by atoms with Crippen molar-refractivity contribution < 1.29 is 68.1 Å². The highest BCUT2D eigenvalue weighted by atomic mass is 16.6. The van der Waals surface area contributed by atoms with Gasteiger partial charge in [-0.05, 0) is 38.5 Å². The molecule has 14 nitrogen and oxygen atoms in total. The predicted octanol–water partition coefficient (Wildman–Crippen LogP) is 31.9. The maximum absolute atomic E-state index is 12.8. The molecule has 0 saturated heterocycles. The summed E-state index contributed by atoms with van der Waals surface area (Å²) in [6.45, 7) is 13.0. The summed E-state index contributed by atoms with van der Waals surface area (Å²) in [6.07, 6.45) is 100.0. The lowest BCUT2D eigenvalue weighted by Gasteiger charge is -2.18. The second kappa shape index (κ2) is 108. The summed E-state index contributed by atoms with van der Waals surface area (Å²) in [4.78, 5) is 69.8. The number of esters is 4. The molecule has 1 unspecified atom stereocenters. The molecule has 0 fully saturated rings. The van der Waals surface area contributed by atoms with E-state index in [1.54, 1.807) is 0 Å². The van der Waals surface area contributed by atoms with Crippen molar-refractivity contribution in [2.45, 2.75) is 593 Å². The number of unbranched alkanes of at least 4 members (excludes halogenated alkanes) is 72. The number of hydrogen-bond acceptors (Lipinski definition) is 12. The molecule has 0 bridgehead atoms. The Morgan fingerprint density at radius 2 is 0.336 bits per heavy atom. The zero-order chi connectivity index (χ0) is 85.7. The molecule has 0 amide bonds. The van der Waals surface area contributed by atoms with E-state index in [1.165, 1.54) is 405 Å². The highest BCUT2D eigenvalue weighted by Gasteiger charge is 2.20. The van der Waals surface area contributed by atoms with Crippen molar-refractivity contribution in [2.24, 2.45) is 0 Å². The second-order valence-electron chi connectivity index (χ2n) is 34.7. The Kier molecular flexibility index (Phi) is 111. The van der Waals surface area contributed by atoms with E-state index in [-0.39, 0.29) is 50.3 Å². The van der Waals surface area contributed by atoms with Gasteiger partial charge < -0.3 is 39.4 Å². The van der Waals surface area contributed by atoms with Crippen LogP contribution >= 0.6 is 0 Å². The summed E-state index contributed by atoms with van der Waals surface area (Å²) < 4.78 is 21.6. The monoisotopic (exact) mass is 1650 g/mol. The SMILES string of the molecule is CCCCCCCCCCCCCCCC(=O)O.CCCCCCCCCCCCCCCC(=O)O.CCCCCCCCCCCCCCCC(=O)OCC(COC(=O)CCCCCCCCCCCCCCC)OC(=O)CCCCCCCCCCCCCCC.CCCCCCCCCCCCCCCC(=O)OCC(O)CO. The molecule has 4 N–H and O–H groups in total. The first kappa shape index (κ1) is 119. The smallest absolute Gasteiger partial charge is 0.306 e. The topological polar surface area (TPSA) is 220 Å². The van der Waals surface area contributed by atoms with Gasteiger partial charge in [0.1, 0.15) is 25.9 Å². The Labute approximate surface area is 719 Å². The number of carboxylic acid groups (broad SMARTS) is 2. The molecule has 0 aliphatic heterocycles.